The fraction of sp³-hybridized carbons (Fsp3) is 0.579. The van der Waals surface area contributed by atoms with E-state index in [2.05, 4.69) is 16.7 Å². The Labute approximate surface area is 143 Å². The molecule has 2 N–H and O–H groups in total. The smallest absolute Gasteiger partial charge is 0.244 e. The van der Waals surface area contributed by atoms with Gasteiger partial charge in [0.25, 0.3) is 0 Å². The van der Waals surface area contributed by atoms with Gasteiger partial charge in [0, 0.05) is 31.6 Å². The van der Waals surface area contributed by atoms with Crippen molar-refractivity contribution in [1.82, 2.24) is 15.5 Å². The first-order valence-corrected chi connectivity index (χ1v) is 8.96. The van der Waals surface area contributed by atoms with Gasteiger partial charge in [0.05, 0.1) is 0 Å². The van der Waals surface area contributed by atoms with Crippen molar-refractivity contribution in [3.63, 3.8) is 0 Å². The van der Waals surface area contributed by atoms with E-state index in [9.17, 15) is 9.59 Å². The third-order valence-corrected chi connectivity index (χ3v) is 4.96. The van der Waals surface area contributed by atoms with Gasteiger partial charge in [0.15, 0.2) is 0 Å². The Morgan fingerprint density at radius 3 is 2.62 bits per heavy atom. The molecule has 1 saturated heterocycles. The summed E-state index contributed by atoms with van der Waals surface area (Å²) in [5.41, 5.74) is 2.37. The molecule has 0 bridgehead atoms. The number of benzene rings is 1. The molecule has 0 saturated carbocycles. The predicted molar refractivity (Wildman–Crippen MR) is 93.5 cm³/mol. The van der Waals surface area contributed by atoms with Gasteiger partial charge >= 0.3 is 0 Å². The summed E-state index contributed by atoms with van der Waals surface area (Å²) in [7, 11) is 0. The summed E-state index contributed by atoms with van der Waals surface area (Å²) in [4.78, 5) is 27.0. The van der Waals surface area contributed by atoms with E-state index in [1.165, 1.54) is 5.56 Å². The van der Waals surface area contributed by atoms with Gasteiger partial charge in [-0.3, -0.25) is 9.59 Å². The highest BCUT2D eigenvalue weighted by molar-refractivity contribution is 5.85. The summed E-state index contributed by atoms with van der Waals surface area (Å²) in [6.45, 7) is 6.11. The zero-order chi connectivity index (χ0) is 17.1. The molecule has 2 amide bonds. The first kappa shape index (κ1) is 17.0. The SMILES string of the molecule is CC(C)NC(=O)C1CCN(C(=O)C2NCCc3ccccc32)CC1. The molecule has 1 fully saturated rings. The Hall–Kier alpha value is -1.88. The summed E-state index contributed by atoms with van der Waals surface area (Å²) < 4.78 is 0. The molecule has 0 aliphatic carbocycles. The van der Waals surface area contributed by atoms with Crippen LogP contribution in [0.1, 0.15) is 43.9 Å². The molecular weight excluding hydrogens is 302 g/mol. The second-order valence-electron chi connectivity index (χ2n) is 7.10. The van der Waals surface area contributed by atoms with Crippen LogP contribution in [0.3, 0.4) is 0 Å². The van der Waals surface area contributed by atoms with Crippen LogP contribution in [0.4, 0.5) is 0 Å². The molecule has 1 aromatic carbocycles. The summed E-state index contributed by atoms with van der Waals surface area (Å²) in [5, 5.41) is 6.34. The topological polar surface area (TPSA) is 61.4 Å². The van der Waals surface area contributed by atoms with Crippen LogP contribution >= 0.6 is 0 Å². The lowest BCUT2D eigenvalue weighted by molar-refractivity contribution is -0.137. The zero-order valence-electron chi connectivity index (χ0n) is 14.5. The maximum Gasteiger partial charge on any atom is 0.244 e. The van der Waals surface area contributed by atoms with Crippen molar-refractivity contribution < 1.29 is 9.59 Å². The van der Waals surface area contributed by atoms with Crippen LogP contribution in [0, 0.1) is 5.92 Å². The second-order valence-corrected chi connectivity index (χ2v) is 7.10. The van der Waals surface area contributed by atoms with Gasteiger partial charge in [-0.2, -0.15) is 0 Å². The van der Waals surface area contributed by atoms with Crippen LogP contribution in [0.15, 0.2) is 24.3 Å². The van der Waals surface area contributed by atoms with Crippen molar-refractivity contribution in [1.29, 1.82) is 0 Å². The summed E-state index contributed by atoms with van der Waals surface area (Å²) >= 11 is 0. The number of fused-ring (bicyclic) bond motifs is 1. The van der Waals surface area contributed by atoms with Crippen LogP contribution in [0.2, 0.25) is 0 Å². The number of hydrogen-bond acceptors (Lipinski definition) is 3. The molecule has 1 aromatic rings. The van der Waals surface area contributed by atoms with E-state index in [0.29, 0.717) is 13.1 Å². The first-order chi connectivity index (χ1) is 11.6. The average Bonchev–Trinajstić information content (AvgIpc) is 2.60. The van der Waals surface area contributed by atoms with Crippen molar-refractivity contribution in [2.45, 2.75) is 45.2 Å². The first-order valence-electron chi connectivity index (χ1n) is 8.96. The monoisotopic (exact) mass is 329 g/mol. The van der Waals surface area contributed by atoms with Crippen molar-refractivity contribution in [3.8, 4) is 0 Å². The molecule has 0 spiro atoms. The highest BCUT2D eigenvalue weighted by Gasteiger charge is 2.33. The van der Waals surface area contributed by atoms with E-state index in [1.54, 1.807) is 0 Å². The van der Waals surface area contributed by atoms with Gasteiger partial charge in [-0.15, -0.1) is 0 Å². The van der Waals surface area contributed by atoms with Crippen molar-refractivity contribution in [2.75, 3.05) is 19.6 Å². The van der Waals surface area contributed by atoms with Gasteiger partial charge in [0.2, 0.25) is 11.8 Å². The highest BCUT2D eigenvalue weighted by atomic mass is 16.2. The summed E-state index contributed by atoms with van der Waals surface area (Å²) in [5.74, 6) is 0.297. The lowest BCUT2D eigenvalue weighted by Crippen LogP contribution is -2.48. The minimum absolute atomic E-state index is 0.0306. The van der Waals surface area contributed by atoms with E-state index < -0.39 is 0 Å². The third-order valence-electron chi connectivity index (χ3n) is 4.96. The van der Waals surface area contributed by atoms with E-state index >= 15 is 0 Å². The Kier molecular flexibility index (Phi) is 5.19. The molecular formula is C19H27N3O2. The molecule has 1 atom stereocenters. The van der Waals surface area contributed by atoms with Crippen LogP contribution in [0.5, 0.6) is 0 Å². The number of carbonyl (C=O) groups is 2. The molecule has 130 valence electrons. The number of rotatable bonds is 3. The van der Waals surface area contributed by atoms with Gasteiger partial charge in [-0.05, 0) is 44.2 Å². The number of carbonyl (C=O) groups excluding carboxylic acids is 2. The fourth-order valence-electron chi connectivity index (χ4n) is 3.67. The normalized spacial score (nSPS) is 21.5. The number of nitrogens with one attached hydrogen (secondary N) is 2. The summed E-state index contributed by atoms with van der Waals surface area (Å²) in [6, 6.07) is 8.11. The lowest BCUT2D eigenvalue weighted by atomic mass is 9.91. The van der Waals surface area contributed by atoms with E-state index in [4.69, 9.17) is 0 Å². The number of hydrogen-bond donors (Lipinski definition) is 2. The Balaban J connectivity index is 1.61. The van der Waals surface area contributed by atoms with E-state index in [-0.39, 0.29) is 29.8 Å². The molecule has 0 aromatic heterocycles. The molecule has 3 rings (SSSR count). The van der Waals surface area contributed by atoms with Gasteiger partial charge in [0.1, 0.15) is 6.04 Å². The second kappa shape index (κ2) is 7.34. The van der Waals surface area contributed by atoms with Gasteiger partial charge in [-0.25, -0.2) is 0 Å². The molecule has 5 heteroatoms. The van der Waals surface area contributed by atoms with Gasteiger partial charge < -0.3 is 15.5 Å². The van der Waals surface area contributed by atoms with E-state index in [1.807, 2.05) is 36.9 Å². The van der Waals surface area contributed by atoms with Crippen molar-refractivity contribution in [3.05, 3.63) is 35.4 Å². The third kappa shape index (κ3) is 3.61. The number of piperidine rings is 1. The maximum absolute atomic E-state index is 12.9. The minimum atomic E-state index is -0.240. The number of amides is 2. The number of nitrogens with zero attached hydrogens (tertiary/aromatic N) is 1. The molecule has 1 unspecified atom stereocenters. The summed E-state index contributed by atoms with van der Waals surface area (Å²) in [6.07, 6.45) is 2.47. The largest absolute Gasteiger partial charge is 0.354 e. The minimum Gasteiger partial charge on any atom is -0.354 e. The van der Waals surface area contributed by atoms with Crippen molar-refractivity contribution >= 4 is 11.8 Å². The van der Waals surface area contributed by atoms with Crippen LogP contribution in [0.25, 0.3) is 0 Å². The number of likely N-dealkylation sites (tertiary alicyclic amines) is 1. The molecule has 0 radical (unpaired) electrons. The lowest BCUT2D eigenvalue weighted by Gasteiger charge is -2.36. The average molecular weight is 329 g/mol. The zero-order valence-corrected chi connectivity index (χ0v) is 14.5. The molecule has 2 aliphatic heterocycles. The molecule has 2 aliphatic rings. The quantitative estimate of drug-likeness (QED) is 0.886. The fourth-order valence-corrected chi connectivity index (χ4v) is 3.67. The maximum atomic E-state index is 12.9. The van der Waals surface area contributed by atoms with E-state index in [0.717, 1.165) is 31.4 Å². The standard InChI is InChI=1S/C19H27N3O2/c1-13(2)21-18(23)15-8-11-22(12-9-15)19(24)17-16-6-4-3-5-14(16)7-10-20-17/h3-6,13,15,17,20H,7-12H2,1-2H3,(H,21,23). The van der Waals surface area contributed by atoms with Crippen LogP contribution in [-0.2, 0) is 16.0 Å². The Morgan fingerprint density at radius 1 is 1.21 bits per heavy atom. The highest BCUT2D eigenvalue weighted by Crippen LogP contribution is 2.26. The Bertz CT molecular complexity index is 606. The molecule has 5 nitrogen and oxygen atoms in total. The van der Waals surface area contributed by atoms with Gasteiger partial charge in [-0.1, -0.05) is 24.3 Å². The Morgan fingerprint density at radius 2 is 1.92 bits per heavy atom. The molecule has 2 heterocycles. The van der Waals surface area contributed by atoms with Crippen LogP contribution in [-0.4, -0.2) is 42.4 Å². The molecule has 24 heavy (non-hydrogen) atoms. The van der Waals surface area contributed by atoms with Crippen molar-refractivity contribution in [2.24, 2.45) is 5.92 Å². The van der Waals surface area contributed by atoms with Crippen LogP contribution < -0.4 is 10.6 Å². The predicted octanol–water partition coefficient (Wildman–Crippen LogP) is 1.64.